The summed E-state index contributed by atoms with van der Waals surface area (Å²) >= 11 is 0. The molecular weight excluding hydrogens is 241 g/mol. The molecule has 0 fully saturated rings. The van der Waals surface area contributed by atoms with Crippen LogP contribution in [0.15, 0.2) is 42.6 Å². The van der Waals surface area contributed by atoms with Crippen LogP contribution in [0.2, 0.25) is 0 Å². The number of rotatable bonds is 1. The third-order valence-corrected chi connectivity index (χ3v) is 2.40. The van der Waals surface area contributed by atoms with Crippen molar-refractivity contribution in [2.24, 2.45) is 0 Å². The summed E-state index contributed by atoms with van der Waals surface area (Å²) < 4.78 is 37.4. The lowest BCUT2D eigenvalue weighted by Crippen LogP contribution is -2.08. The lowest BCUT2D eigenvalue weighted by atomic mass is 10.0. The Morgan fingerprint density at radius 1 is 1.11 bits per heavy atom. The minimum absolute atomic E-state index is 0.0384. The van der Waals surface area contributed by atoms with Gasteiger partial charge in [0.15, 0.2) is 0 Å². The van der Waals surface area contributed by atoms with Gasteiger partial charge in [0, 0.05) is 11.8 Å². The summed E-state index contributed by atoms with van der Waals surface area (Å²) in [7, 11) is 0. The molecule has 2 rings (SSSR count). The standard InChI is InChI=1S/C13H7F3N2/c14-13(15,16)12-6-10(7-17)11(8-18-12)9-4-2-1-3-5-9/h1-6,8H. The predicted molar refractivity (Wildman–Crippen MR) is 59.4 cm³/mol. The number of hydrogen-bond acceptors (Lipinski definition) is 2. The monoisotopic (exact) mass is 248 g/mol. The van der Waals surface area contributed by atoms with Crippen molar-refractivity contribution in [3.8, 4) is 17.2 Å². The molecule has 0 radical (unpaired) electrons. The van der Waals surface area contributed by atoms with Crippen molar-refractivity contribution in [1.29, 1.82) is 5.26 Å². The zero-order chi connectivity index (χ0) is 13.2. The molecule has 0 aliphatic carbocycles. The minimum atomic E-state index is -4.54. The Labute approximate surface area is 101 Å². The van der Waals surface area contributed by atoms with E-state index in [0.717, 1.165) is 12.3 Å². The topological polar surface area (TPSA) is 36.7 Å². The molecule has 0 aliphatic rings. The second-order valence-corrected chi connectivity index (χ2v) is 3.59. The smallest absolute Gasteiger partial charge is 0.251 e. The third kappa shape index (κ3) is 2.33. The predicted octanol–water partition coefficient (Wildman–Crippen LogP) is 3.64. The maximum Gasteiger partial charge on any atom is 0.433 e. The van der Waals surface area contributed by atoms with Crippen LogP contribution in [0, 0.1) is 11.3 Å². The van der Waals surface area contributed by atoms with Gasteiger partial charge >= 0.3 is 6.18 Å². The summed E-state index contributed by atoms with van der Waals surface area (Å²) in [6, 6.07) is 11.2. The molecule has 2 aromatic rings. The molecule has 0 bridgehead atoms. The van der Waals surface area contributed by atoms with Gasteiger partial charge in [-0.15, -0.1) is 0 Å². The van der Waals surface area contributed by atoms with Gasteiger partial charge in [0.2, 0.25) is 0 Å². The number of nitrogens with zero attached hydrogens (tertiary/aromatic N) is 2. The van der Waals surface area contributed by atoms with Gasteiger partial charge in [-0.3, -0.25) is 4.98 Å². The molecule has 90 valence electrons. The van der Waals surface area contributed by atoms with Crippen LogP contribution >= 0.6 is 0 Å². The van der Waals surface area contributed by atoms with Crippen LogP contribution in [0.4, 0.5) is 13.2 Å². The fourth-order valence-corrected chi connectivity index (χ4v) is 1.55. The van der Waals surface area contributed by atoms with Crippen molar-refractivity contribution in [3.05, 3.63) is 53.9 Å². The summed E-state index contributed by atoms with van der Waals surface area (Å²) in [5, 5.41) is 8.92. The molecule has 5 heteroatoms. The molecule has 0 aliphatic heterocycles. The van der Waals surface area contributed by atoms with Crippen molar-refractivity contribution in [3.63, 3.8) is 0 Å². The Hall–Kier alpha value is -2.35. The van der Waals surface area contributed by atoms with Gasteiger partial charge < -0.3 is 0 Å². The molecule has 0 spiro atoms. The van der Waals surface area contributed by atoms with E-state index in [2.05, 4.69) is 4.98 Å². The van der Waals surface area contributed by atoms with Gasteiger partial charge in [0.1, 0.15) is 5.69 Å². The highest BCUT2D eigenvalue weighted by molar-refractivity contribution is 5.69. The second kappa shape index (κ2) is 4.49. The van der Waals surface area contributed by atoms with E-state index in [0.29, 0.717) is 11.1 Å². The fourth-order valence-electron chi connectivity index (χ4n) is 1.55. The first-order valence-corrected chi connectivity index (χ1v) is 5.05. The molecule has 1 aromatic carbocycles. The highest BCUT2D eigenvalue weighted by atomic mass is 19.4. The van der Waals surface area contributed by atoms with Crippen LogP contribution in [-0.4, -0.2) is 4.98 Å². The van der Waals surface area contributed by atoms with E-state index in [1.54, 1.807) is 36.4 Å². The van der Waals surface area contributed by atoms with Crippen molar-refractivity contribution in [2.75, 3.05) is 0 Å². The SMILES string of the molecule is N#Cc1cc(C(F)(F)F)ncc1-c1ccccc1. The molecule has 0 amide bonds. The fraction of sp³-hybridized carbons (Fsp3) is 0.0769. The normalized spacial score (nSPS) is 11.0. The Morgan fingerprint density at radius 3 is 2.33 bits per heavy atom. The van der Waals surface area contributed by atoms with Crippen LogP contribution in [0.5, 0.6) is 0 Å². The Balaban J connectivity index is 2.56. The lowest BCUT2D eigenvalue weighted by Gasteiger charge is -2.08. The van der Waals surface area contributed by atoms with E-state index in [-0.39, 0.29) is 5.56 Å². The van der Waals surface area contributed by atoms with Crippen molar-refractivity contribution in [1.82, 2.24) is 4.98 Å². The summed E-state index contributed by atoms with van der Waals surface area (Å²) in [6.45, 7) is 0. The highest BCUT2D eigenvalue weighted by Crippen LogP contribution is 2.31. The van der Waals surface area contributed by atoms with Gasteiger partial charge in [-0.2, -0.15) is 18.4 Å². The summed E-state index contributed by atoms with van der Waals surface area (Å²) in [5.41, 5.74) is -0.0383. The molecule has 0 N–H and O–H groups in total. The quantitative estimate of drug-likeness (QED) is 0.772. The Morgan fingerprint density at radius 2 is 1.78 bits per heavy atom. The van der Waals surface area contributed by atoms with E-state index in [1.807, 2.05) is 0 Å². The van der Waals surface area contributed by atoms with E-state index >= 15 is 0 Å². The Kier molecular flexibility index (Phi) is 3.02. The van der Waals surface area contributed by atoms with E-state index in [4.69, 9.17) is 5.26 Å². The van der Waals surface area contributed by atoms with Crippen molar-refractivity contribution >= 4 is 0 Å². The lowest BCUT2D eigenvalue weighted by molar-refractivity contribution is -0.141. The summed E-state index contributed by atoms with van der Waals surface area (Å²) in [4.78, 5) is 3.36. The van der Waals surface area contributed by atoms with Gasteiger partial charge in [-0.1, -0.05) is 30.3 Å². The number of benzene rings is 1. The first-order valence-electron chi connectivity index (χ1n) is 5.05. The second-order valence-electron chi connectivity index (χ2n) is 3.59. The Bertz CT molecular complexity index is 598. The number of pyridine rings is 1. The van der Waals surface area contributed by atoms with E-state index in [1.165, 1.54) is 0 Å². The molecule has 1 aromatic heterocycles. The van der Waals surface area contributed by atoms with Crippen LogP contribution < -0.4 is 0 Å². The summed E-state index contributed by atoms with van der Waals surface area (Å²) in [6.07, 6.45) is -3.46. The minimum Gasteiger partial charge on any atom is -0.251 e. The number of alkyl halides is 3. The molecule has 0 atom stereocenters. The van der Waals surface area contributed by atoms with E-state index in [9.17, 15) is 13.2 Å². The summed E-state index contributed by atoms with van der Waals surface area (Å²) in [5.74, 6) is 0. The van der Waals surface area contributed by atoms with Gasteiger partial charge in [-0.25, -0.2) is 0 Å². The first-order chi connectivity index (χ1) is 8.52. The maximum atomic E-state index is 12.5. The number of halogens is 3. The first kappa shape index (κ1) is 12.1. The molecule has 2 nitrogen and oxygen atoms in total. The molecular formula is C13H7F3N2. The van der Waals surface area contributed by atoms with Crippen LogP contribution in [0.1, 0.15) is 11.3 Å². The molecule has 18 heavy (non-hydrogen) atoms. The highest BCUT2D eigenvalue weighted by Gasteiger charge is 2.33. The zero-order valence-corrected chi connectivity index (χ0v) is 9.07. The van der Waals surface area contributed by atoms with Crippen molar-refractivity contribution in [2.45, 2.75) is 6.18 Å². The molecule has 0 saturated heterocycles. The number of nitriles is 1. The molecule has 0 saturated carbocycles. The third-order valence-electron chi connectivity index (χ3n) is 2.40. The number of aromatic nitrogens is 1. The van der Waals surface area contributed by atoms with Crippen LogP contribution in [0.25, 0.3) is 11.1 Å². The van der Waals surface area contributed by atoms with Gasteiger partial charge in [0.25, 0.3) is 0 Å². The largest absolute Gasteiger partial charge is 0.433 e. The van der Waals surface area contributed by atoms with E-state index < -0.39 is 11.9 Å². The molecule has 1 heterocycles. The van der Waals surface area contributed by atoms with Gasteiger partial charge in [-0.05, 0) is 11.6 Å². The average molecular weight is 248 g/mol. The average Bonchev–Trinajstić information content (AvgIpc) is 2.38. The number of hydrogen-bond donors (Lipinski definition) is 0. The van der Waals surface area contributed by atoms with Gasteiger partial charge in [0.05, 0.1) is 11.6 Å². The van der Waals surface area contributed by atoms with Crippen molar-refractivity contribution < 1.29 is 13.2 Å². The molecule has 0 unspecified atom stereocenters. The van der Waals surface area contributed by atoms with Crippen LogP contribution in [0.3, 0.4) is 0 Å². The zero-order valence-electron chi connectivity index (χ0n) is 9.07. The van der Waals surface area contributed by atoms with Crippen LogP contribution in [-0.2, 0) is 6.18 Å². The maximum absolute atomic E-state index is 12.5.